The second-order valence-corrected chi connectivity index (χ2v) is 7.00. The summed E-state index contributed by atoms with van der Waals surface area (Å²) in [5.41, 5.74) is 4.03. The maximum atomic E-state index is 12.6. The van der Waals surface area contributed by atoms with Crippen LogP contribution in [0.4, 0.5) is 5.69 Å². The van der Waals surface area contributed by atoms with Gasteiger partial charge in [-0.2, -0.15) is 0 Å². The number of hydrogen-bond donors (Lipinski definition) is 0. The van der Waals surface area contributed by atoms with Gasteiger partial charge in [0.2, 0.25) is 0 Å². The highest BCUT2D eigenvalue weighted by molar-refractivity contribution is 6.08. The zero-order valence-electron chi connectivity index (χ0n) is 15.0. The molecule has 0 radical (unpaired) electrons. The molecule has 0 N–H and O–H groups in total. The van der Waals surface area contributed by atoms with Crippen LogP contribution in [0.25, 0.3) is 0 Å². The molecular weight excluding hydrogens is 318 g/mol. The van der Waals surface area contributed by atoms with Gasteiger partial charge in [-0.3, -0.25) is 4.79 Å². The molecule has 1 fully saturated rings. The van der Waals surface area contributed by atoms with E-state index in [0.29, 0.717) is 12.1 Å². The van der Waals surface area contributed by atoms with E-state index in [2.05, 4.69) is 54.3 Å². The van der Waals surface area contributed by atoms with Crippen LogP contribution in [-0.2, 0) is 0 Å². The van der Waals surface area contributed by atoms with Crippen LogP contribution in [0.2, 0.25) is 0 Å². The fraction of sp³-hybridized carbons (Fsp3) is 0.208. The Bertz CT molecular complexity index is 871. The van der Waals surface area contributed by atoms with Crippen LogP contribution in [-0.4, -0.2) is 11.8 Å². The molecule has 1 saturated heterocycles. The number of ketones is 1. The molecule has 0 unspecified atom stereocenters. The van der Waals surface area contributed by atoms with E-state index in [4.69, 9.17) is 0 Å². The largest absolute Gasteiger partial charge is 0.362 e. The molecule has 3 aromatic rings. The SMILES string of the molecule is C[C@H]1CC[C@H](c2ccc(C(=O)c3ccccc3)cc2)N1c1ccccc1. The average Bonchev–Trinajstić information content (AvgIpc) is 3.10. The summed E-state index contributed by atoms with van der Waals surface area (Å²) >= 11 is 0. The molecule has 0 aliphatic carbocycles. The third-order valence-electron chi connectivity index (χ3n) is 5.32. The zero-order chi connectivity index (χ0) is 17.9. The number of rotatable bonds is 4. The molecule has 130 valence electrons. The number of carbonyl (C=O) groups is 1. The lowest BCUT2D eigenvalue weighted by molar-refractivity contribution is 0.103. The monoisotopic (exact) mass is 341 g/mol. The molecule has 0 bridgehead atoms. The molecule has 2 nitrogen and oxygen atoms in total. The Labute approximate surface area is 155 Å². The number of carbonyl (C=O) groups excluding carboxylic acids is 1. The van der Waals surface area contributed by atoms with Crippen molar-refractivity contribution in [3.63, 3.8) is 0 Å². The molecule has 0 saturated carbocycles. The molecule has 26 heavy (non-hydrogen) atoms. The Morgan fingerprint density at radius 2 is 1.35 bits per heavy atom. The van der Waals surface area contributed by atoms with Gasteiger partial charge in [0.05, 0.1) is 6.04 Å². The van der Waals surface area contributed by atoms with E-state index in [0.717, 1.165) is 17.5 Å². The maximum Gasteiger partial charge on any atom is 0.193 e. The van der Waals surface area contributed by atoms with Crippen molar-refractivity contribution in [2.45, 2.75) is 31.8 Å². The molecule has 1 aliphatic rings. The minimum atomic E-state index is 0.0804. The predicted octanol–water partition coefficient (Wildman–Crippen LogP) is 5.65. The van der Waals surface area contributed by atoms with Crippen molar-refractivity contribution in [1.29, 1.82) is 0 Å². The smallest absolute Gasteiger partial charge is 0.193 e. The number of hydrogen-bond acceptors (Lipinski definition) is 2. The molecule has 3 aromatic carbocycles. The molecule has 0 spiro atoms. The standard InChI is InChI=1S/C24H23NO/c1-18-12-17-23(25(18)22-10-6-3-7-11-22)19-13-15-21(16-14-19)24(26)20-8-4-2-5-9-20/h2-11,13-16,18,23H,12,17H2,1H3/t18-,23+/m0/s1. The summed E-state index contributed by atoms with van der Waals surface area (Å²) in [4.78, 5) is 15.1. The van der Waals surface area contributed by atoms with Crippen LogP contribution < -0.4 is 4.90 Å². The van der Waals surface area contributed by atoms with Crippen molar-refractivity contribution in [3.8, 4) is 0 Å². The lowest BCUT2D eigenvalue weighted by Gasteiger charge is -2.31. The van der Waals surface area contributed by atoms with Crippen molar-refractivity contribution in [2.24, 2.45) is 0 Å². The fourth-order valence-electron chi connectivity index (χ4n) is 3.96. The van der Waals surface area contributed by atoms with E-state index in [-0.39, 0.29) is 5.78 Å². The highest BCUT2D eigenvalue weighted by atomic mass is 16.1. The van der Waals surface area contributed by atoms with Crippen LogP contribution in [0.1, 0.15) is 47.3 Å². The van der Waals surface area contributed by atoms with Crippen molar-refractivity contribution in [2.75, 3.05) is 4.90 Å². The van der Waals surface area contributed by atoms with Gasteiger partial charge in [0.15, 0.2) is 5.78 Å². The molecule has 0 amide bonds. The van der Waals surface area contributed by atoms with Crippen LogP contribution >= 0.6 is 0 Å². The minimum Gasteiger partial charge on any atom is -0.362 e. The normalized spacial score (nSPS) is 19.5. The van der Waals surface area contributed by atoms with Crippen LogP contribution in [0.3, 0.4) is 0 Å². The molecular formula is C24H23NO. The molecule has 2 atom stereocenters. The first-order chi connectivity index (χ1) is 12.7. The van der Waals surface area contributed by atoms with Crippen LogP contribution in [0, 0.1) is 0 Å². The quantitative estimate of drug-likeness (QED) is 0.572. The van der Waals surface area contributed by atoms with E-state index >= 15 is 0 Å². The predicted molar refractivity (Wildman–Crippen MR) is 107 cm³/mol. The number of benzene rings is 3. The van der Waals surface area contributed by atoms with Crippen LogP contribution in [0.5, 0.6) is 0 Å². The fourth-order valence-corrected chi connectivity index (χ4v) is 3.96. The summed E-state index contributed by atoms with van der Waals surface area (Å²) in [6.07, 6.45) is 2.33. The van der Waals surface area contributed by atoms with Crippen molar-refractivity contribution >= 4 is 11.5 Å². The Morgan fingerprint density at radius 3 is 2.00 bits per heavy atom. The molecule has 4 rings (SSSR count). The summed E-state index contributed by atoms with van der Waals surface area (Å²) in [6.45, 7) is 2.29. The summed E-state index contributed by atoms with van der Waals surface area (Å²) < 4.78 is 0. The molecule has 1 heterocycles. The Hall–Kier alpha value is -2.87. The second kappa shape index (κ2) is 7.17. The molecule has 1 aliphatic heterocycles. The Morgan fingerprint density at radius 1 is 0.769 bits per heavy atom. The number of nitrogens with zero attached hydrogens (tertiary/aromatic N) is 1. The summed E-state index contributed by atoms with van der Waals surface area (Å²) in [5, 5.41) is 0. The van der Waals surface area contributed by atoms with Gasteiger partial charge in [-0.1, -0.05) is 72.8 Å². The van der Waals surface area contributed by atoms with Gasteiger partial charge in [-0.25, -0.2) is 0 Å². The molecule has 0 aromatic heterocycles. The van der Waals surface area contributed by atoms with Gasteiger partial charge in [-0.15, -0.1) is 0 Å². The number of para-hydroxylation sites is 1. The van der Waals surface area contributed by atoms with Gasteiger partial charge >= 0.3 is 0 Å². The highest BCUT2D eigenvalue weighted by Gasteiger charge is 2.31. The van der Waals surface area contributed by atoms with Gasteiger partial charge in [0.25, 0.3) is 0 Å². The van der Waals surface area contributed by atoms with E-state index in [9.17, 15) is 4.79 Å². The van der Waals surface area contributed by atoms with Crippen molar-refractivity contribution in [1.82, 2.24) is 0 Å². The summed E-state index contributed by atoms with van der Waals surface area (Å²) in [5.74, 6) is 0.0804. The van der Waals surface area contributed by atoms with E-state index in [1.165, 1.54) is 17.7 Å². The van der Waals surface area contributed by atoms with Gasteiger partial charge in [0.1, 0.15) is 0 Å². The summed E-state index contributed by atoms with van der Waals surface area (Å²) in [6, 6.07) is 29.2. The van der Waals surface area contributed by atoms with Crippen molar-refractivity contribution < 1.29 is 4.79 Å². The Kier molecular flexibility index (Phi) is 4.57. The topological polar surface area (TPSA) is 20.3 Å². The highest BCUT2D eigenvalue weighted by Crippen LogP contribution is 2.39. The first-order valence-electron chi connectivity index (χ1n) is 9.27. The van der Waals surface area contributed by atoms with Crippen LogP contribution in [0.15, 0.2) is 84.9 Å². The third kappa shape index (κ3) is 3.15. The van der Waals surface area contributed by atoms with Gasteiger partial charge in [-0.05, 0) is 37.5 Å². The molecule has 2 heteroatoms. The summed E-state index contributed by atoms with van der Waals surface area (Å²) in [7, 11) is 0. The van der Waals surface area contributed by atoms with E-state index in [1.54, 1.807) is 0 Å². The van der Waals surface area contributed by atoms with E-state index in [1.807, 2.05) is 42.5 Å². The zero-order valence-corrected chi connectivity index (χ0v) is 15.0. The lowest BCUT2D eigenvalue weighted by Crippen LogP contribution is -2.29. The lowest BCUT2D eigenvalue weighted by atomic mass is 9.98. The maximum absolute atomic E-state index is 12.6. The van der Waals surface area contributed by atoms with Gasteiger partial charge < -0.3 is 4.90 Å². The van der Waals surface area contributed by atoms with E-state index < -0.39 is 0 Å². The first-order valence-corrected chi connectivity index (χ1v) is 9.27. The number of anilines is 1. The minimum absolute atomic E-state index is 0.0804. The van der Waals surface area contributed by atoms with Crippen molar-refractivity contribution in [3.05, 3.63) is 102 Å². The van der Waals surface area contributed by atoms with Gasteiger partial charge in [0, 0.05) is 22.9 Å². The first kappa shape index (κ1) is 16.6. The Balaban J connectivity index is 1.59. The average molecular weight is 341 g/mol. The second-order valence-electron chi connectivity index (χ2n) is 7.00. The third-order valence-corrected chi connectivity index (χ3v) is 5.32.